The monoisotopic (exact) mass is 336 g/mol. The van der Waals surface area contributed by atoms with Crippen LogP contribution in [-0.4, -0.2) is 24.9 Å². The van der Waals surface area contributed by atoms with E-state index in [-0.39, 0.29) is 18.2 Å². The molecule has 2 N–H and O–H groups in total. The van der Waals surface area contributed by atoms with Crippen LogP contribution in [0.15, 0.2) is 11.6 Å². The maximum atomic E-state index is 11.9. The molecule has 0 bridgehead atoms. The molecule has 0 aromatic carbocycles. The van der Waals surface area contributed by atoms with E-state index in [1.807, 2.05) is 0 Å². The number of hydrogen-bond acceptors (Lipinski definition) is 2. The van der Waals surface area contributed by atoms with Gasteiger partial charge in [-0.15, -0.1) is 0 Å². The Bertz CT molecular complexity index is 404. The molecule has 138 valence electrons. The summed E-state index contributed by atoms with van der Waals surface area (Å²) in [7, 11) is 0. The van der Waals surface area contributed by atoms with Crippen LogP contribution < -0.4 is 10.6 Å². The summed E-state index contributed by atoms with van der Waals surface area (Å²) in [6.45, 7) is 5.79. The topological polar surface area (TPSA) is 58.2 Å². The summed E-state index contributed by atoms with van der Waals surface area (Å²) >= 11 is 0. The van der Waals surface area contributed by atoms with E-state index in [2.05, 4.69) is 30.6 Å². The second kappa shape index (κ2) is 13.0. The lowest BCUT2D eigenvalue weighted by atomic mass is 9.97. The van der Waals surface area contributed by atoms with E-state index in [4.69, 9.17) is 0 Å². The molecule has 0 fully saturated rings. The Morgan fingerprint density at radius 2 is 1.88 bits per heavy atom. The molecule has 1 aliphatic rings. The largest absolute Gasteiger partial charge is 0.356 e. The molecule has 0 spiro atoms. The van der Waals surface area contributed by atoms with E-state index < -0.39 is 0 Å². The van der Waals surface area contributed by atoms with Crippen LogP contribution in [0.5, 0.6) is 0 Å². The molecule has 0 aromatic heterocycles. The fraction of sp³-hybridized carbons (Fsp3) is 0.800. The molecule has 1 aliphatic carbocycles. The molecule has 4 nitrogen and oxygen atoms in total. The number of allylic oxidation sites excluding steroid dienone is 1. The van der Waals surface area contributed by atoms with Gasteiger partial charge in [-0.25, -0.2) is 0 Å². The van der Waals surface area contributed by atoms with Gasteiger partial charge < -0.3 is 10.6 Å². The minimum absolute atomic E-state index is 0.00455. The Balaban J connectivity index is 2.07. The Morgan fingerprint density at radius 3 is 2.50 bits per heavy atom. The van der Waals surface area contributed by atoms with Crippen LogP contribution in [0.1, 0.15) is 84.5 Å². The summed E-state index contributed by atoms with van der Waals surface area (Å²) in [5, 5.41) is 5.91. The van der Waals surface area contributed by atoms with Crippen molar-refractivity contribution >= 4 is 11.8 Å². The predicted octanol–water partition coefficient (Wildman–Crippen LogP) is 4.11. The molecule has 24 heavy (non-hydrogen) atoms. The van der Waals surface area contributed by atoms with Gasteiger partial charge >= 0.3 is 0 Å². The number of amides is 2. The first kappa shape index (κ1) is 20.7. The first-order valence-corrected chi connectivity index (χ1v) is 9.87. The number of hydrogen-bond donors (Lipinski definition) is 2. The van der Waals surface area contributed by atoms with Crippen LogP contribution in [-0.2, 0) is 9.59 Å². The van der Waals surface area contributed by atoms with Gasteiger partial charge in [-0.1, -0.05) is 44.8 Å². The minimum atomic E-state index is -0.0143. The van der Waals surface area contributed by atoms with E-state index in [9.17, 15) is 9.59 Å². The molecule has 0 heterocycles. The fourth-order valence-corrected chi connectivity index (χ4v) is 3.10. The third-order valence-corrected chi connectivity index (χ3v) is 4.86. The van der Waals surface area contributed by atoms with Crippen molar-refractivity contribution < 1.29 is 9.59 Å². The van der Waals surface area contributed by atoms with Crippen LogP contribution in [0, 0.1) is 5.92 Å². The van der Waals surface area contributed by atoms with Crippen LogP contribution in [0.3, 0.4) is 0 Å². The molecule has 0 saturated heterocycles. The zero-order chi connectivity index (χ0) is 17.6. The second-order valence-electron chi connectivity index (χ2n) is 6.93. The van der Waals surface area contributed by atoms with Gasteiger partial charge in [0.05, 0.1) is 0 Å². The van der Waals surface area contributed by atoms with Gasteiger partial charge in [0.25, 0.3) is 0 Å². The summed E-state index contributed by atoms with van der Waals surface area (Å²) in [5.41, 5.74) is 1.47. The number of unbranched alkanes of at least 4 members (excludes halogenated alkanes) is 1. The third-order valence-electron chi connectivity index (χ3n) is 4.86. The van der Waals surface area contributed by atoms with Gasteiger partial charge in [0.2, 0.25) is 11.8 Å². The molecule has 0 aliphatic heterocycles. The predicted molar refractivity (Wildman–Crippen MR) is 99.7 cm³/mol. The molecule has 2 amide bonds. The Labute approximate surface area is 147 Å². The van der Waals surface area contributed by atoms with Crippen molar-refractivity contribution in [2.24, 2.45) is 5.92 Å². The van der Waals surface area contributed by atoms with Crippen LogP contribution in [0.2, 0.25) is 0 Å². The van der Waals surface area contributed by atoms with E-state index >= 15 is 0 Å². The third kappa shape index (κ3) is 9.74. The van der Waals surface area contributed by atoms with Crippen LogP contribution in [0.4, 0.5) is 0 Å². The zero-order valence-corrected chi connectivity index (χ0v) is 15.7. The highest BCUT2D eigenvalue weighted by Gasteiger charge is 2.10. The second-order valence-corrected chi connectivity index (χ2v) is 6.93. The highest BCUT2D eigenvalue weighted by Crippen LogP contribution is 2.19. The molecule has 0 unspecified atom stereocenters. The van der Waals surface area contributed by atoms with Crippen molar-refractivity contribution in [3.05, 3.63) is 11.6 Å². The summed E-state index contributed by atoms with van der Waals surface area (Å²) < 4.78 is 0. The van der Waals surface area contributed by atoms with Crippen molar-refractivity contribution in [3.63, 3.8) is 0 Å². The molecule has 0 aromatic rings. The maximum Gasteiger partial charge on any atom is 0.220 e. The Hall–Kier alpha value is -1.32. The van der Waals surface area contributed by atoms with E-state index in [1.165, 1.54) is 50.5 Å². The van der Waals surface area contributed by atoms with Gasteiger partial charge in [-0.05, 0) is 44.4 Å². The van der Waals surface area contributed by atoms with E-state index in [0.29, 0.717) is 18.9 Å². The van der Waals surface area contributed by atoms with E-state index in [1.54, 1.807) is 0 Å². The van der Waals surface area contributed by atoms with Crippen molar-refractivity contribution in [1.82, 2.24) is 10.6 Å². The lowest BCUT2D eigenvalue weighted by Gasteiger charge is -2.15. The standard InChI is InChI=1S/C20H36N2O2/c1-3-5-9-17(4-2)16-22-20(24)13-12-19(23)21-15-14-18-10-7-6-8-11-18/h10,17H,3-9,11-16H2,1-2H3,(H,21,23)(H,22,24)/t17-/m0/s1. The first-order chi connectivity index (χ1) is 11.7. The van der Waals surface area contributed by atoms with Gasteiger partial charge in [0.15, 0.2) is 0 Å². The highest BCUT2D eigenvalue weighted by atomic mass is 16.2. The lowest BCUT2D eigenvalue weighted by molar-refractivity contribution is -0.126. The van der Waals surface area contributed by atoms with Gasteiger partial charge in [0, 0.05) is 25.9 Å². The van der Waals surface area contributed by atoms with Crippen molar-refractivity contribution in [2.45, 2.75) is 84.5 Å². The summed E-state index contributed by atoms with van der Waals surface area (Å²) in [5.74, 6) is 0.543. The normalized spacial score (nSPS) is 15.5. The minimum Gasteiger partial charge on any atom is -0.356 e. The number of carbonyl (C=O) groups is 2. The highest BCUT2D eigenvalue weighted by molar-refractivity contribution is 5.83. The molecule has 1 atom stereocenters. The number of rotatable bonds is 12. The van der Waals surface area contributed by atoms with Crippen molar-refractivity contribution in [2.75, 3.05) is 13.1 Å². The molecule has 0 radical (unpaired) electrons. The first-order valence-electron chi connectivity index (χ1n) is 9.87. The molecular formula is C20H36N2O2. The molecule has 4 heteroatoms. The maximum absolute atomic E-state index is 11.9. The molecule has 0 saturated carbocycles. The summed E-state index contributed by atoms with van der Waals surface area (Å²) in [6.07, 6.45) is 13.4. The smallest absolute Gasteiger partial charge is 0.220 e. The van der Waals surface area contributed by atoms with Gasteiger partial charge in [-0.3, -0.25) is 9.59 Å². The van der Waals surface area contributed by atoms with Gasteiger partial charge in [-0.2, -0.15) is 0 Å². The zero-order valence-electron chi connectivity index (χ0n) is 15.7. The van der Waals surface area contributed by atoms with E-state index in [0.717, 1.165) is 19.4 Å². The fourth-order valence-electron chi connectivity index (χ4n) is 3.10. The van der Waals surface area contributed by atoms with Crippen molar-refractivity contribution in [3.8, 4) is 0 Å². The number of nitrogens with one attached hydrogen (secondary N) is 2. The number of carbonyl (C=O) groups excluding carboxylic acids is 2. The Morgan fingerprint density at radius 1 is 1.12 bits per heavy atom. The molecular weight excluding hydrogens is 300 g/mol. The average Bonchev–Trinajstić information content (AvgIpc) is 2.61. The SMILES string of the molecule is CCCC[C@H](CC)CNC(=O)CCC(=O)NCCC1=CCCCC1. The molecule has 1 rings (SSSR count). The average molecular weight is 337 g/mol. The summed E-state index contributed by atoms with van der Waals surface area (Å²) in [4.78, 5) is 23.7. The lowest BCUT2D eigenvalue weighted by Crippen LogP contribution is -2.31. The van der Waals surface area contributed by atoms with Gasteiger partial charge in [0.1, 0.15) is 0 Å². The quantitative estimate of drug-likeness (QED) is 0.527. The van der Waals surface area contributed by atoms with Crippen LogP contribution in [0.25, 0.3) is 0 Å². The van der Waals surface area contributed by atoms with Crippen molar-refractivity contribution in [1.29, 1.82) is 0 Å². The Kier molecular flexibility index (Phi) is 11.2. The summed E-state index contributed by atoms with van der Waals surface area (Å²) in [6, 6.07) is 0. The van der Waals surface area contributed by atoms with Crippen LogP contribution >= 0.6 is 0 Å².